The van der Waals surface area contributed by atoms with Crippen LogP contribution in [0.3, 0.4) is 0 Å². The minimum atomic E-state index is -0.403. The number of nitrogens with zero attached hydrogens (tertiary/aromatic N) is 1. The average molecular weight is 374 g/mol. The molecule has 0 radical (unpaired) electrons. The Labute approximate surface area is 157 Å². The Morgan fingerprint density at radius 2 is 2.04 bits per heavy atom. The molecule has 1 aliphatic heterocycles. The number of nitrogens with two attached hydrogens (primary N) is 1. The van der Waals surface area contributed by atoms with E-state index in [2.05, 4.69) is 13.8 Å². The minimum absolute atomic E-state index is 0.0375. The summed E-state index contributed by atoms with van der Waals surface area (Å²) in [6.45, 7) is 5.29. The van der Waals surface area contributed by atoms with Crippen LogP contribution in [-0.4, -0.2) is 23.4 Å². The van der Waals surface area contributed by atoms with Crippen LogP contribution < -0.4 is 10.5 Å². The van der Waals surface area contributed by atoms with E-state index in [0.717, 1.165) is 0 Å². The van der Waals surface area contributed by atoms with Gasteiger partial charge in [-0.3, -0.25) is 9.69 Å². The molecule has 0 spiro atoms. The van der Waals surface area contributed by atoms with Crippen molar-refractivity contribution in [2.24, 2.45) is 11.1 Å². The second kappa shape index (κ2) is 7.64. The van der Waals surface area contributed by atoms with E-state index in [1.54, 1.807) is 24.3 Å². The average Bonchev–Trinajstić information content (AvgIpc) is 2.90. The number of likely N-dealkylation sites (tertiary alicyclic amines) is 1. The highest BCUT2D eigenvalue weighted by molar-refractivity contribution is 5.80. The molecule has 27 heavy (non-hydrogen) atoms. The molecule has 1 fully saturated rings. The second-order valence-electron chi connectivity index (χ2n) is 7.86. The van der Waals surface area contributed by atoms with Crippen LogP contribution in [0.15, 0.2) is 42.5 Å². The molecule has 0 saturated carbocycles. The van der Waals surface area contributed by atoms with Crippen LogP contribution in [0.4, 0.5) is 8.78 Å². The fraction of sp³-hybridized carbons (Fsp3) is 0.381. The summed E-state index contributed by atoms with van der Waals surface area (Å²) in [5.74, 6) is -0.750. The number of carbonyl (C=O) groups excluding carboxylic acids is 1. The van der Waals surface area contributed by atoms with Gasteiger partial charge in [-0.2, -0.15) is 0 Å². The van der Waals surface area contributed by atoms with Crippen LogP contribution in [0.1, 0.15) is 31.4 Å². The standard InChI is InChI=1S/C21H24F2N2O2/c1-21(2)10-19(20(24)26)25(13-21)11-15-6-7-17(9-18(15)23)27-12-14-4-3-5-16(22)8-14/h3-9,19H,10-13H2,1-2H3,(H2,24,26). The molecule has 3 rings (SSSR count). The first-order valence-corrected chi connectivity index (χ1v) is 8.92. The zero-order valence-electron chi connectivity index (χ0n) is 15.5. The first kappa shape index (κ1) is 19.3. The number of primary amides is 1. The highest BCUT2D eigenvalue weighted by atomic mass is 19.1. The van der Waals surface area contributed by atoms with E-state index >= 15 is 0 Å². The van der Waals surface area contributed by atoms with Crippen LogP contribution in [0.25, 0.3) is 0 Å². The minimum Gasteiger partial charge on any atom is -0.489 e. The molecule has 4 nitrogen and oxygen atoms in total. The van der Waals surface area contributed by atoms with Gasteiger partial charge in [-0.15, -0.1) is 0 Å². The summed E-state index contributed by atoms with van der Waals surface area (Å²) in [5.41, 5.74) is 6.62. The molecule has 0 bridgehead atoms. The zero-order valence-corrected chi connectivity index (χ0v) is 15.5. The van der Waals surface area contributed by atoms with Crippen molar-refractivity contribution < 1.29 is 18.3 Å². The molecule has 1 saturated heterocycles. The van der Waals surface area contributed by atoms with E-state index in [1.807, 2.05) is 4.90 Å². The fourth-order valence-corrected chi connectivity index (χ4v) is 3.58. The number of benzene rings is 2. The van der Waals surface area contributed by atoms with Gasteiger partial charge in [0.25, 0.3) is 0 Å². The third-order valence-electron chi connectivity index (χ3n) is 4.84. The van der Waals surface area contributed by atoms with Gasteiger partial charge in [-0.1, -0.05) is 32.0 Å². The van der Waals surface area contributed by atoms with E-state index in [9.17, 15) is 13.6 Å². The predicted octanol–water partition coefficient (Wildman–Crippen LogP) is 3.63. The normalized spacial score (nSPS) is 19.2. The van der Waals surface area contributed by atoms with E-state index in [4.69, 9.17) is 10.5 Å². The Hall–Kier alpha value is -2.47. The molecule has 1 atom stereocenters. The summed E-state index contributed by atoms with van der Waals surface area (Å²) in [5, 5.41) is 0. The lowest BCUT2D eigenvalue weighted by Crippen LogP contribution is -2.39. The number of amides is 1. The molecule has 1 amide bonds. The Kier molecular flexibility index (Phi) is 5.46. The van der Waals surface area contributed by atoms with E-state index in [0.29, 0.717) is 36.4 Å². The third kappa shape index (κ3) is 4.83. The number of halogens is 2. The Balaban J connectivity index is 1.67. The van der Waals surface area contributed by atoms with Gasteiger partial charge in [0.1, 0.15) is 24.0 Å². The Morgan fingerprint density at radius 3 is 2.70 bits per heavy atom. The SMILES string of the molecule is CC1(C)CC(C(N)=O)N(Cc2ccc(OCc3cccc(F)c3)cc2F)C1. The molecule has 1 aliphatic rings. The van der Waals surface area contributed by atoms with E-state index < -0.39 is 5.82 Å². The van der Waals surface area contributed by atoms with Crippen molar-refractivity contribution in [1.82, 2.24) is 4.90 Å². The molecule has 0 aromatic heterocycles. The molecule has 6 heteroatoms. The van der Waals surface area contributed by atoms with Gasteiger partial charge in [0.2, 0.25) is 5.91 Å². The van der Waals surface area contributed by atoms with Crippen molar-refractivity contribution in [3.05, 3.63) is 65.2 Å². The number of hydrogen-bond donors (Lipinski definition) is 1. The third-order valence-corrected chi connectivity index (χ3v) is 4.84. The van der Waals surface area contributed by atoms with Crippen molar-refractivity contribution in [2.45, 2.75) is 39.5 Å². The maximum absolute atomic E-state index is 14.5. The van der Waals surface area contributed by atoms with Crippen molar-refractivity contribution in [3.8, 4) is 5.75 Å². The molecule has 144 valence electrons. The lowest BCUT2D eigenvalue weighted by Gasteiger charge is -2.23. The van der Waals surface area contributed by atoms with Crippen molar-refractivity contribution in [3.63, 3.8) is 0 Å². The Morgan fingerprint density at radius 1 is 1.26 bits per heavy atom. The zero-order chi connectivity index (χ0) is 19.6. The first-order valence-electron chi connectivity index (χ1n) is 8.92. The lowest BCUT2D eigenvalue weighted by molar-refractivity contribution is -0.122. The number of rotatable bonds is 6. The number of ether oxygens (including phenoxy) is 1. The molecule has 1 unspecified atom stereocenters. The summed E-state index contributed by atoms with van der Waals surface area (Å²) in [4.78, 5) is 13.6. The van der Waals surface area contributed by atoms with Gasteiger partial charge >= 0.3 is 0 Å². The lowest BCUT2D eigenvalue weighted by atomic mass is 9.90. The highest BCUT2D eigenvalue weighted by Crippen LogP contribution is 2.35. The summed E-state index contributed by atoms with van der Waals surface area (Å²) < 4.78 is 33.3. The quantitative estimate of drug-likeness (QED) is 0.840. The molecule has 2 aromatic rings. The van der Waals surface area contributed by atoms with Gasteiger partial charge in [0, 0.05) is 24.7 Å². The van der Waals surface area contributed by atoms with Crippen LogP contribution in [0.2, 0.25) is 0 Å². The maximum Gasteiger partial charge on any atom is 0.234 e. The second-order valence-corrected chi connectivity index (χ2v) is 7.86. The molecular weight excluding hydrogens is 350 g/mol. The largest absolute Gasteiger partial charge is 0.489 e. The van der Waals surface area contributed by atoms with Crippen molar-refractivity contribution >= 4 is 5.91 Å². The molecular formula is C21H24F2N2O2. The van der Waals surface area contributed by atoms with Crippen molar-refractivity contribution in [1.29, 1.82) is 0 Å². The number of hydrogen-bond acceptors (Lipinski definition) is 3. The molecule has 1 heterocycles. The fourth-order valence-electron chi connectivity index (χ4n) is 3.58. The van der Waals surface area contributed by atoms with Gasteiger partial charge in [0.05, 0.1) is 6.04 Å². The molecule has 0 aliphatic carbocycles. The molecule has 2 aromatic carbocycles. The Bertz CT molecular complexity index is 839. The smallest absolute Gasteiger partial charge is 0.234 e. The van der Waals surface area contributed by atoms with Crippen molar-refractivity contribution in [2.75, 3.05) is 6.54 Å². The summed E-state index contributed by atoms with van der Waals surface area (Å²) in [6, 6.07) is 10.3. The summed E-state index contributed by atoms with van der Waals surface area (Å²) in [7, 11) is 0. The first-order chi connectivity index (χ1) is 12.7. The van der Waals surface area contributed by atoms with Crippen LogP contribution in [0.5, 0.6) is 5.75 Å². The predicted molar refractivity (Wildman–Crippen MR) is 98.9 cm³/mol. The van der Waals surface area contributed by atoms with Crippen LogP contribution >= 0.6 is 0 Å². The van der Waals surface area contributed by atoms with Crippen LogP contribution in [-0.2, 0) is 17.9 Å². The van der Waals surface area contributed by atoms with Gasteiger partial charge in [0.15, 0.2) is 0 Å². The highest BCUT2D eigenvalue weighted by Gasteiger charge is 2.40. The summed E-state index contributed by atoms with van der Waals surface area (Å²) in [6.07, 6.45) is 0.665. The summed E-state index contributed by atoms with van der Waals surface area (Å²) >= 11 is 0. The monoisotopic (exact) mass is 374 g/mol. The van der Waals surface area contributed by atoms with E-state index in [-0.39, 0.29) is 29.8 Å². The van der Waals surface area contributed by atoms with E-state index in [1.165, 1.54) is 18.2 Å². The topological polar surface area (TPSA) is 55.6 Å². The molecule has 2 N–H and O–H groups in total. The van der Waals surface area contributed by atoms with Gasteiger partial charge in [-0.05, 0) is 35.6 Å². The van der Waals surface area contributed by atoms with Gasteiger partial charge < -0.3 is 10.5 Å². The maximum atomic E-state index is 14.5. The number of carbonyl (C=O) groups is 1. The van der Waals surface area contributed by atoms with Crippen LogP contribution in [0, 0.1) is 17.0 Å². The van der Waals surface area contributed by atoms with Gasteiger partial charge in [-0.25, -0.2) is 8.78 Å².